The van der Waals surface area contributed by atoms with Gasteiger partial charge in [0.2, 0.25) is 0 Å². The van der Waals surface area contributed by atoms with Gasteiger partial charge in [0.05, 0.1) is 11.9 Å². The SMILES string of the molecule is CCN1CCCC(N=C(N)C(C)C)C1. The molecular formula is C11H23N3. The van der Waals surface area contributed by atoms with Crippen LogP contribution in [-0.4, -0.2) is 36.4 Å². The molecule has 0 aromatic rings. The Labute approximate surface area is 87.4 Å². The zero-order chi connectivity index (χ0) is 10.6. The van der Waals surface area contributed by atoms with Crippen LogP contribution >= 0.6 is 0 Å². The van der Waals surface area contributed by atoms with Crippen molar-refractivity contribution in [2.24, 2.45) is 16.6 Å². The molecule has 3 nitrogen and oxygen atoms in total. The highest BCUT2D eigenvalue weighted by atomic mass is 15.1. The lowest BCUT2D eigenvalue weighted by Gasteiger charge is -2.30. The Morgan fingerprint density at radius 3 is 2.86 bits per heavy atom. The van der Waals surface area contributed by atoms with Crippen molar-refractivity contribution in [1.82, 2.24) is 4.90 Å². The molecule has 1 heterocycles. The zero-order valence-corrected chi connectivity index (χ0v) is 9.66. The summed E-state index contributed by atoms with van der Waals surface area (Å²) in [6.07, 6.45) is 2.46. The minimum atomic E-state index is 0.381. The standard InChI is InChI=1S/C11H23N3/c1-4-14-7-5-6-10(8-14)13-11(12)9(2)3/h9-10H,4-8H2,1-3H3,(H2,12,13). The summed E-state index contributed by atoms with van der Waals surface area (Å²) in [5.74, 6) is 1.19. The third-order valence-electron chi connectivity index (χ3n) is 2.85. The molecule has 0 aromatic carbocycles. The van der Waals surface area contributed by atoms with E-state index in [2.05, 4.69) is 30.7 Å². The lowest BCUT2D eigenvalue weighted by Crippen LogP contribution is -2.38. The molecule has 1 unspecified atom stereocenters. The predicted octanol–water partition coefficient (Wildman–Crippen LogP) is 1.48. The Kier molecular flexibility index (Phi) is 4.39. The summed E-state index contributed by atoms with van der Waals surface area (Å²) in [5.41, 5.74) is 5.87. The van der Waals surface area contributed by atoms with Gasteiger partial charge in [0, 0.05) is 12.5 Å². The molecule has 0 radical (unpaired) electrons. The van der Waals surface area contributed by atoms with Crippen molar-refractivity contribution in [2.75, 3.05) is 19.6 Å². The van der Waals surface area contributed by atoms with Crippen molar-refractivity contribution < 1.29 is 0 Å². The second-order valence-corrected chi connectivity index (χ2v) is 4.40. The first-order valence-corrected chi connectivity index (χ1v) is 5.69. The molecule has 0 saturated carbocycles. The van der Waals surface area contributed by atoms with Crippen molar-refractivity contribution in [3.8, 4) is 0 Å². The van der Waals surface area contributed by atoms with E-state index in [0.29, 0.717) is 12.0 Å². The van der Waals surface area contributed by atoms with Crippen LogP contribution in [0.1, 0.15) is 33.6 Å². The number of hydrogen-bond donors (Lipinski definition) is 1. The van der Waals surface area contributed by atoms with Gasteiger partial charge in [0.15, 0.2) is 0 Å². The second-order valence-electron chi connectivity index (χ2n) is 4.40. The summed E-state index contributed by atoms with van der Waals surface area (Å²) < 4.78 is 0. The first kappa shape index (κ1) is 11.5. The van der Waals surface area contributed by atoms with E-state index in [1.54, 1.807) is 0 Å². The summed E-state index contributed by atoms with van der Waals surface area (Å²) in [7, 11) is 0. The van der Waals surface area contributed by atoms with Crippen LogP contribution < -0.4 is 5.73 Å². The van der Waals surface area contributed by atoms with E-state index < -0.39 is 0 Å². The molecule has 2 N–H and O–H groups in total. The van der Waals surface area contributed by atoms with Gasteiger partial charge in [-0.15, -0.1) is 0 Å². The van der Waals surface area contributed by atoms with Crippen LogP contribution in [0.3, 0.4) is 0 Å². The number of hydrogen-bond acceptors (Lipinski definition) is 2. The average Bonchev–Trinajstić information content (AvgIpc) is 2.18. The van der Waals surface area contributed by atoms with Gasteiger partial charge < -0.3 is 10.6 Å². The van der Waals surface area contributed by atoms with Gasteiger partial charge >= 0.3 is 0 Å². The van der Waals surface area contributed by atoms with E-state index in [0.717, 1.165) is 18.9 Å². The molecule has 0 aliphatic carbocycles. The summed E-state index contributed by atoms with van der Waals surface area (Å²) in [4.78, 5) is 7.04. The van der Waals surface area contributed by atoms with Crippen LogP contribution in [0.15, 0.2) is 4.99 Å². The maximum atomic E-state index is 5.87. The Balaban J connectivity index is 2.48. The zero-order valence-electron chi connectivity index (χ0n) is 9.66. The van der Waals surface area contributed by atoms with Crippen LogP contribution in [0.4, 0.5) is 0 Å². The quantitative estimate of drug-likeness (QED) is 0.550. The van der Waals surface area contributed by atoms with Gasteiger partial charge in [-0.2, -0.15) is 0 Å². The third kappa shape index (κ3) is 3.29. The van der Waals surface area contributed by atoms with Crippen LogP contribution in [-0.2, 0) is 0 Å². The second kappa shape index (κ2) is 5.35. The molecule has 1 aliphatic rings. The maximum absolute atomic E-state index is 5.87. The Morgan fingerprint density at radius 2 is 2.29 bits per heavy atom. The number of aliphatic imine (C=N–C) groups is 1. The van der Waals surface area contributed by atoms with Gasteiger partial charge in [0.25, 0.3) is 0 Å². The van der Waals surface area contributed by atoms with E-state index >= 15 is 0 Å². The van der Waals surface area contributed by atoms with Crippen molar-refractivity contribution in [1.29, 1.82) is 0 Å². The molecule has 14 heavy (non-hydrogen) atoms. The number of likely N-dealkylation sites (N-methyl/N-ethyl adjacent to an activating group) is 1. The van der Waals surface area contributed by atoms with E-state index in [9.17, 15) is 0 Å². The molecule has 0 bridgehead atoms. The number of likely N-dealkylation sites (tertiary alicyclic amines) is 1. The minimum absolute atomic E-state index is 0.381. The van der Waals surface area contributed by atoms with Crippen molar-refractivity contribution in [3.63, 3.8) is 0 Å². The van der Waals surface area contributed by atoms with E-state index in [1.165, 1.54) is 19.4 Å². The van der Waals surface area contributed by atoms with Crippen molar-refractivity contribution in [3.05, 3.63) is 0 Å². The number of piperidine rings is 1. The molecule has 0 aromatic heterocycles. The molecule has 1 rings (SSSR count). The van der Waals surface area contributed by atoms with Gasteiger partial charge in [-0.05, 0) is 25.9 Å². The third-order valence-corrected chi connectivity index (χ3v) is 2.85. The number of nitrogens with zero attached hydrogens (tertiary/aromatic N) is 2. The summed E-state index contributed by atoms with van der Waals surface area (Å²) in [5, 5.41) is 0. The highest BCUT2D eigenvalue weighted by Gasteiger charge is 2.18. The molecule has 1 fully saturated rings. The summed E-state index contributed by atoms with van der Waals surface area (Å²) in [6, 6.07) is 0.436. The Morgan fingerprint density at radius 1 is 1.57 bits per heavy atom. The van der Waals surface area contributed by atoms with Crippen LogP contribution in [0.5, 0.6) is 0 Å². The molecule has 1 saturated heterocycles. The number of amidine groups is 1. The molecule has 0 amide bonds. The summed E-state index contributed by atoms with van der Waals surface area (Å²) in [6.45, 7) is 9.85. The Bertz CT molecular complexity index is 199. The lowest BCUT2D eigenvalue weighted by molar-refractivity contribution is 0.220. The monoisotopic (exact) mass is 197 g/mol. The fourth-order valence-electron chi connectivity index (χ4n) is 1.78. The highest BCUT2D eigenvalue weighted by molar-refractivity contribution is 5.82. The topological polar surface area (TPSA) is 41.6 Å². The Hall–Kier alpha value is -0.570. The number of rotatable bonds is 3. The summed E-state index contributed by atoms with van der Waals surface area (Å²) >= 11 is 0. The fraction of sp³-hybridized carbons (Fsp3) is 0.909. The van der Waals surface area contributed by atoms with Crippen molar-refractivity contribution >= 4 is 5.84 Å². The van der Waals surface area contributed by atoms with Gasteiger partial charge in [-0.3, -0.25) is 4.99 Å². The molecular weight excluding hydrogens is 174 g/mol. The number of nitrogens with two attached hydrogens (primary N) is 1. The van der Waals surface area contributed by atoms with Crippen LogP contribution in [0.25, 0.3) is 0 Å². The highest BCUT2D eigenvalue weighted by Crippen LogP contribution is 2.13. The lowest BCUT2D eigenvalue weighted by atomic mass is 10.1. The fourth-order valence-corrected chi connectivity index (χ4v) is 1.78. The first-order chi connectivity index (χ1) is 6.63. The molecule has 82 valence electrons. The normalized spacial score (nSPS) is 25.7. The average molecular weight is 197 g/mol. The minimum Gasteiger partial charge on any atom is -0.387 e. The van der Waals surface area contributed by atoms with Gasteiger partial charge in [0.1, 0.15) is 0 Å². The van der Waals surface area contributed by atoms with Gasteiger partial charge in [-0.1, -0.05) is 20.8 Å². The molecule has 0 spiro atoms. The largest absolute Gasteiger partial charge is 0.387 e. The van der Waals surface area contributed by atoms with E-state index in [-0.39, 0.29) is 0 Å². The molecule has 1 atom stereocenters. The maximum Gasteiger partial charge on any atom is 0.0966 e. The predicted molar refractivity (Wildman–Crippen MR) is 61.6 cm³/mol. The van der Waals surface area contributed by atoms with Crippen LogP contribution in [0, 0.1) is 5.92 Å². The van der Waals surface area contributed by atoms with E-state index in [1.807, 2.05) is 0 Å². The van der Waals surface area contributed by atoms with E-state index in [4.69, 9.17) is 5.73 Å². The molecule has 1 aliphatic heterocycles. The van der Waals surface area contributed by atoms with Crippen molar-refractivity contribution in [2.45, 2.75) is 39.7 Å². The smallest absolute Gasteiger partial charge is 0.0966 e. The molecule has 3 heteroatoms. The van der Waals surface area contributed by atoms with Gasteiger partial charge in [-0.25, -0.2) is 0 Å². The van der Waals surface area contributed by atoms with Crippen LogP contribution in [0.2, 0.25) is 0 Å². The first-order valence-electron chi connectivity index (χ1n) is 5.69.